The second kappa shape index (κ2) is 5.98. The van der Waals surface area contributed by atoms with Crippen LogP contribution in [-0.2, 0) is 0 Å². The van der Waals surface area contributed by atoms with Crippen LogP contribution < -0.4 is 5.32 Å². The summed E-state index contributed by atoms with van der Waals surface area (Å²) in [5.41, 5.74) is 3.25. The molecule has 0 fully saturated rings. The molecule has 0 bridgehead atoms. The highest BCUT2D eigenvalue weighted by Gasteiger charge is 2.11. The molecular weight excluding hydrogens is 270 g/mol. The van der Waals surface area contributed by atoms with Crippen molar-refractivity contribution in [1.82, 2.24) is 14.7 Å². The molecule has 3 nitrogen and oxygen atoms in total. The molecule has 2 rings (SSSR count). The van der Waals surface area contributed by atoms with Gasteiger partial charge in [-0.2, -0.15) is 0 Å². The lowest BCUT2D eigenvalue weighted by molar-refractivity contribution is 0.443. The molecule has 0 aromatic carbocycles. The first-order chi connectivity index (χ1) is 9.40. The Morgan fingerprint density at radius 1 is 1.40 bits per heavy atom. The summed E-state index contributed by atoms with van der Waals surface area (Å²) in [7, 11) is 0. The average molecular weight is 292 g/mol. The molecule has 0 aliphatic rings. The van der Waals surface area contributed by atoms with Crippen LogP contribution in [0.1, 0.15) is 39.8 Å². The van der Waals surface area contributed by atoms with E-state index in [1.54, 1.807) is 0 Å². The van der Waals surface area contributed by atoms with E-state index in [0.29, 0.717) is 5.15 Å². The molecule has 0 atom stereocenters. The third-order valence-electron chi connectivity index (χ3n) is 3.16. The third-order valence-corrected chi connectivity index (χ3v) is 3.44. The zero-order valence-electron chi connectivity index (χ0n) is 12.6. The SMILES string of the molecule is CCC(=Cc1c(Cl)nc2ccccn12)CNC(C)(C)C. The van der Waals surface area contributed by atoms with E-state index in [0.717, 1.165) is 24.3 Å². The van der Waals surface area contributed by atoms with Crippen LogP contribution in [0.2, 0.25) is 5.15 Å². The van der Waals surface area contributed by atoms with E-state index >= 15 is 0 Å². The second-order valence-electron chi connectivity index (χ2n) is 5.98. The number of fused-ring (bicyclic) bond motifs is 1. The van der Waals surface area contributed by atoms with Gasteiger partial charge < -0.3 is 5.32 Å². The standard InChI is InChI=1S/C16H22ClN3/c1-5-12(11-18-16(2,3)4)10-13-15(17)19-14-8-6-7-9-20(13)14/h6-10,18H,5,11H2,1-4H3. The molecule has 0 saturated carbocycles. The Balaban J connectivity index is 2.32. The van der Waals surface area contributed by atoms with Crippen molar-refractivity contribution < 1.29 is 0 Å². The van der Waals surface area contributed by atoms with Crippen molar-refractivity contribution in [1.29, 1.82) is 0 Å². The Morgan fingerprint density at radius 3 is 2.80 bits per heavy atom. The number of aromatic nitrogens is 2. The van der Waals surface area contributed by atoms with Gasteiger partial charge >= 0.3 is 0 Å². The Morgan fingerprint density at radius 2 is 2.15 bits per heavy atom. The van der Waals surface area contributed by atoms with E-state index in [1.165, 1.54) is 5.57 Å². The van der Waals surface area contributed by atoms with Gasteiger partial charge in [0.25, 0.3) is 0 Å². The molecule has 0 unspecified atom stereocenters. The van der Waals surface area contributed by atoms with Crippen LogP contribution in [0.25, 0.3) is 11.7 Å². The van der Waals surface area contributed by atoms with Gasteiger partial charge in [-0.3, -0.25) is 4.40 Å². The van der Waals surface area contributed by atoms with Gasteiger partial charge in [0.15, 0.2) is 5.15 Å². The van der Waals surface area contributed by atoms with Crippen LogP contribution in [-0.4, -0.2) is 21.5 Å². The topological polar surface area (TPSA) is 29.3 Å². The Kier molecular flexibility index (Phi) is 4.51. The summed E-state index contributed by atoms with van der Waals surface area (Å²) in [5, 5.41) is 4.07. The summed E-state index contributed by atoms with van der Waals surface area (Å²) in [6.45, 7) is 9.52. The van der Waals surface area contributed by atoms with Gasteiger partial charge in [-0.05, 0) is 45.4 Å². The molecule has 0 spiro atoms. The van der Waals surface area contributed by atoms with Gasteiger partial charge in [-0.15, -0.1) is 0 Å². The van der Waals surface area contributed by atoms with Crippen molar-refractivity contribution in [2.75, 3.05) is 6.54 Å². The summed E-state index contributed by atoms with van der Waals surface area (Å²) in [6, 6.07) is 5.91. The number of pyridine rings is 1. The minimum absolute atomic E-state index is 0.109. The number of nitrogens with zero attached hydrogens (tertiary/aromatic N) is 2. The lowest BCUT2D eigenvalue weighted by Crippen LogP contribution is -2.37. The molecule has 2 aromatic rings. The van der Waals surface area contributed by atoms with Gasteiger partial charge in [0.1, 0.15) is 5.65 Å². The number of nitrogens with one attached hydrogen (secondary N) is 1. The van der Waals surface area contributed by atoms with E-state index in [1.807, 2.05) is 28.8 Å². The summed E-state index contributed by atoms with van der Waals surface area (Å²) in [6.07, 6.45) is 5.12. The maximum Gasteiger partial charge on any atom is 0.155 e. The van der Waals surface area contributed by atoms with E-state index in [9.17, 15) is 0 Å². The summed E-state index contributed by atoms with van der Waals surface area (Å²) in [5.74, 6) is 0. The highest BCUT2D eigenvalue weighted by atomic mass is 35.5. The molecule has 0 aliphatic heterocycles. The zero-order chi connectivity index (χ0) is 14.8. The third kappa shape index (κ3) is 3.62. The van der Waals surface area contributed by atoms with Crippen LogP contribution in [0.3, 0.4) is 0 Å². The summed E-state index contributed by atoms with van der Waals surface area (Å²) < 4.78 is 2.02. The highest BCUT2D eigenvalue weighted by Crippen LogP contribution is 2.21. The molecule has 0 amide bonds. The highest BCUT2D eigenvalue weighted by molar-refractivity contribution is 6.31. The normalized spacial score (nSPS) is 13.2. The van der Waals surface area contributed by atoms with E-state index in [-0.39, 0.29) is 5.54 Å². The molecule has 0 radical (unpaired) electrons. The summed E-state index contributed by atoms with van der Waals surface area (Å²) in [4.78, 5) is 4.37. The minimum atomic E-state index is 0.109. The predicted molar refractivity (Wildman–Crippen MR) is 86.2 cm³/mol. The Hall–Kier alpha value is -1.32. The largest absolute Gasteiger partial charge is 0.308 e. The Bertz CT molecular complexity index is 620. The first kappa shape index (κ1) is 15.1. The molecule has 0 saturated heterocycles. The van der Waals surface area contributed by atoms with Gasteiger partial charge in [0, 0.05) is 18.3 Å². The fraction of sp³-hybridized carbons (Fsp3) is 0.438. The van der Waals surface area contributed by atoms with Crippen molar-refractivity contribution in [3.63, 3.8) is 0 Å². The number of imidazole rings is 1. The molecule has 4 heteroatoms. The maximum atomic E-state index is 6.26. The van der Waals surface area contributed by atoms with Crippen LogP contribution in [0, 0.1) is 0 Å². The fourth-order valence-electron chi connectivity index (χ4n) is 1.97. The molecule has 108 valence electrons. The van der Waals surface area contributed by atoms with Crippen molar-refractivity contribution in [3.8, 4) is 0 Å². The molecule has 2 aromatic heterocycles. The van der Waals surface area contributed by atoms with Crippen LogP contribution in [0.15, 0.2) is 30.0 Å². The number of hydrogen-bond donors (Lipinski definition) is 1. The first-order valence-electron chi connectivity index (χ1n) is 6.98. The minimum Gasteiger partial charge on any atom is -0.308 e. The van der Waals surface area contributed by atoms with Crippen molar-refractivity contribution in [3.05, 3.63) is 40.8 Å². The van der Waals surface area contributed by atoms with Gasteiger partial charge in [0.05, 0.1) is 5.69 Å². The predicted octanol–water partition coefficient (Wildman–Crippen LogP) is 4.17. The molecule has 2 heterocycles. The lowest BCUT2D eigenvalue weighted by atomic mass is 10.1. The molecule has 0 aliphatic carbocycles. The van der Waals surface area contributed by atoms with E-state index < -0.39 is 0 Å². The second-order valence-corrected chi connectivity index (χ2v) is 6.33. The monoisotopic (exact) mass is 291 g/mol. The molecule has 20 heavy (non-hydrogen) atoms. The maximum absolute atomic E-state index is 6.26. The van der Waals surface area contributed by atoms with Crippen LogP contribution >= 0.6 is 11.6 Å². The quantitative estimate of drug-likeness (QED) is 0.916. The van der Waals surface area contributed by atoms with E-state index in [2.05, 4.69) is 44.1 Å². The van der Waals surface area contributed by atoms with Crippen LogP contribution in [0.4, 0.5) is 0 Å². The van der Waals surface area contributed by atoms with Crippen LogP contribution in [0.5, 0.6) is 0 Å². The van der Waals surface area contributed by atoms with Crippen molar-refractivity contribution >= 4 is 23.3 Å². The van der Waals surface area contributed by atoms with E-state index in [4.69, 9.17) is 11.6 Å². The molecular formula is C16H22ClN3. The number of rotatable bonds is 4. The Labute approximate surface area is 125 Å². The van der Waals surface area contributed by atoms with Crippen molar-refractivity contribution in [2.45, 2.75) is 39.7 Å². The first-order valence-corrected chi connectivity index (χ1v) is 7.35. The average Bonchev–Trinajstić information content (AvgIpc) is 2.69. The van der Waals surface area contributed by atoms with Gasteiger partial charge in [0.2, 0.25) is 0 Å². The zero-order valence-corrected chi connectivity index (χ0v) is 13.3. The van der Waals surface area contributed by atoms with Gasteiger partial charge in [-0.1, -0.05) is 30.2 Å². The van der Waals surface area contributed by atoms with Crippen molar-refractivity contribution in [2.24, 2.45) is 0 Å². The smallest absolute Gasteiger partial charge is 0.155 e. The lowest BCUT2D eigenvalue weighted by Gasteiger charge is -2.21. The van der Waals surface area contributed by atoms with Gasteiger partial charge in [-0.25, -0.2) is 4.98 Å². The number of hydrogen-bond acceptors (Lipinski definition) is 2. The number of halogens is 1. The summed E-state index contributed by atoms with van der Waals surface area (Å²) >= 11 is 6.26. The fourth-order valence-corrected chi connectivity index (χ4v) is 2.20. The molecule has 1 N–H and O–H groups in total.